The van der Waals surface area contributed by atoms with E-state index in [4.69, 9.17) is 5.73 Å². The summed E-state index contributed by atoms with van der Waals surface area (Å²) in [6, 6.07) is 9.93. The van der Waals surface area contributed by atoms with E-state index in [1.165, 1.54) is 12.1 Å². The van der Waals surface area contributed by atoms with Crippen molar-refractivity contribution >= 4 is 27.4 Å². The molecular weight excluding hydrogens is 309 g/mol. The zero-order valence-electron chi connectivity index (χ0n) is 10.4. The van der Waals surface area contributed by atoms with E-state index in [1.807, 2.05) is 19.1 Å². The molecule has 0 heterocycles. The van der Waals surface area contributed by atoms with Crippen LogP contribution in [0.25, 0.3) is 0 Å². The van der Waals surface area contributed by atoms with Crippen molar-refractivity contribution in [3.8, 4) is 0 Å². The molecule has 0 bridgehead atoms. The highest BCUT2D eigenvalue weighted by atomic mass is 79.9. The summed E-state index contributed by atoms with van der Waals surface area (Å²) in [5, 5.41) is 0. The lowest BCUT2D eigenvalue weighted by atomic mass is 10.0. The van der Waals surface area contributed by atoms with Gasteiger partial charge in [-0.1, -0.05) is 31.2 Å². The monoisotopic (exact) mass is 321 g/mol. The minimum absolute atomic E-state index is 0.0308. The maximum absolute atomic E-state index is 13.3. The Labute approximate surface area is 119 Å². The predicted octanol–water partition coefficient (Wildman–Crippen LogP) is 3.96. The number of aryl methyl sites for hydroxylation is 1. The molecule has 2 aromatic rings. The van der Waals surface area contributed by atoms with Crippen molar-refractivity contribution in [2.75, 3.05) is 5.73 Å². The van der Waals surface area contributed by atoms with Gasteiger partial charge in [0.1, 0.15) is 5.82 Å². The molecule has 0 aromatic heterocycles. The average Bonchev–Trinajstić information content (AvgIpc) is 2.42. The van der Waals surface area contributed by atoms with E-state index in [0.717, 1.165) is 12.0 Å². The van der Waals surface area contributed by atoms with Gasteiger partial charge in [0, 0.05) is 15.6 Å². The third-order valence-corrected chi connectivity index (χ3v) is 3.61. The molecule has 19 heavy (non-hydrogen) atoms. The van der Waals surface area contributed by atoms with Crippen molar-refractivity contribution in [3.05, 3.63) is 63.4 Å². The smallest absolute Gasteiger partial charge is 0.194 e. The number of halogens is 2. The van der Waals surface area contributed by atoms with Gasteiger partial charge in [-0.2, -0.15) is 0 Å². The van der Waals surface area contributed by atoms with E-state index in [0.29, 0.717) is 15.6 Å². The molecule has 2 aromatic carbocycles. The SMILES string of the molecule is CCc1ccc(C(=O)c2cc(N)c(F)cc2Br)cc1. The summed E-state index contributed by atoms with van der Waals surface area (Å²) in [5.74, 6) is -0.717. The number of hydrogen-bond acceptors (Lipinski definition) is 2. The maximum Gasteiger partial charge on any atom is 0.194 e. The summed E-state index contributed by atoms with van der Waals surface area (Å²) in [6.07, 6.45) is 0.918. The summed E-state index contributed by atoms with van der Waals surface area (Å²) in [5.41, 5.74) is 7.56. The Hall–Kier alpha value is -1.68. The van der Waals surface area contributed by atoms with E-state index < -0.39 is 5.82 Å². The number of hydrogen-bond donors (Lipinski definition) is 1. The number of nitrogen functional groups attached to an aromatic ring is 1. The van der Waals surface area contributed by atoms with E-state index in [9.17, 15) is 9.18 Å². The second-order valence-electron chi connectivity index (χ2n) is 4.23. The lowest BCUT2D eigenvalue weighted by molar-refractivity contribution is 0.103. The highest BCUT2D eigenvalue weighted by Gasteiger charge is 2.15. The van der Waals surface area contributed by atoms with Gasteiger partial charge in [0.05, 0.1) is 5.69 Å². The van der Waals surface area contributed by atoms with Crippen LogP contribution in [0.3, 0.4) is 0 Å². The summed E-state index contributed by atoms with van der Waals surface area (Å²) in [6.45, 7) is 2.05. The van der Waals surface area contributed by atoms with Crippen LogP contribution in [-0.4, -0.2) is 5.78 Å². The number of carbonyl (C=O) groups is 1. The second kappa shape index (κ2) is 5.53. The molecule has 0 aliphatic heterocycles. The Morgan fingerprint density at radius 1 is 1.26 bits per heavy atom. The molecule has 0 saturated carbocycles. The van der Waals surface area contributed by atoms with Crippen molar-refractivity contribution in [2.45, 2.75) is 13.3 Å². The maximum atomic E-state index is 13.3. The fourth-order valence-corrected chi connectivity index (χ4v) is 2.28. The Balaban J connectivity index is 2.40. The first-order chi connectivity index (χ1) is 9.02. The van der Waals surface area contributed by atoms with Crippen molar-refractivity contribution in [1.29, 1.82) is 0 Å². The molecule has 0 atom stereocenters. The minimum Gasteiger partial charge on any atom is -0.396 e. The number of anilines is 1. The zero-order valence-corrected chi connectivity index (χ0v) is 12.0. The van der Waals surface area contributed by atoms with Gasteiger partial charge >= 0.3 is 0 Å². The molecule has 4 heteroatoms. The summed E-state index contributed by atoms with van der Waals surface area (Å²) >= 11 is 3.19. The number of rotatable bonds is 3. The normalized spacial score (nSPS) is 10.5. The van der Waals surface area contributed by atoms with Gasteiger partial charge in [0.25, 0.3) is 0 Å². The van der Waals surface area contributed by atoms with E-state index in [-0.39, 0.29) is 11.5 Å². The Morgan fingerprint density at radius 2 is 1.89 bits per heavy atom. The Morgan fingerprint density at radius 3 is 2.47 bits per heavy atom. The first-order valence-corrected chi connectivity index (χ1v) is 6.70. The van der Waals surface area contributed by atoms with Gasteiger partial charge in [-0.25, -0.2) is 4.39 Å². The molecule has 98 valence electrons. The molecule has 0 saturated heterocycles. The number of benzene rings is 2. The number of carbonyl (C=O) groups excluding carboxylic acids is 1. The minimum atomic E-state index is -0.537. The molecule has 0 aliphatic rings. The van der Waals surface area contributed by atoms with Crippen LogP contribution in [0.4, 0.5) is 10.1 Å². The molecule has 2 N–H and O–H groups in total. The van der Waals surface area contributed by atoms with Crippen LogP contribution < -0.4 is 5.73 Å². The first kappa shape index (κ1) is 13.7. The molecule has 0 fully saturated rings. The average molecular weight is 322 g/mol. The molecule has 0 radical (unpaired) electrons. The number of ketones is 1. The summed E-state index contributed by atoms with van der Waals surface area (Å²) < 4.78 is 13.7. The summed E-state index contributed by atoms with van der Waals surface area (Å²) in [7, 11) is 0. The third-order valence-electron chi connectivity index (χ3n) is 2.96. The van der Waals surface area contributed by atoms with E-state index in [1.54, 1.807) is 12.1 Å². The van der Waals surface area contributed by atoms with Crippen LogP contribution in [-0.2, 0) is 6.42 Å². The topological polar surface area (TPSA) is 43.1 Å². The molecule has 2 nitrogen and oxygen atoms in total. The van der Waals surface area contributed by atoms with Crippen LogP contribution in [0.15, 0.2) is 40.9 Å². The lowest BCUT2D eigenvalue weighted by Crippen LogP contribution is -2.05. The first-order valence-electron chi connectivity index (χ1n) is 5.91. The third kappa shape index (κ3) is 2.84. The summed E-state index contributed by atoms with van der Waals surface area (Å²) in [4.78, 5) is 12.3. The highest BCUT2D eigenvalue weighted by Crippen LogP contribution is 2.25. The Bertz CT molecular complexity index is 623. The molecule has 0 unspecified atom stereocenters. The van der Waals surface area contributed by atoms with Crippen molar-refractivity contribution in [2.24, 2.45) is 0 Å². The Kier molecular flexibility index (Phi) is 4.00. The fourth-order valence-electron chi connectivity index (χ4n) is 1.79. The second-order valence-corrected chi connectivity index (χ2v) is 5.09. The van der Waals surface area contributed by atoms with Gasteiger partial charge in [0.15, 0.2) is 5.78 Å². The van der Waals surface area contributed by atoms with Crippen LogP contribution >= 0.6 is 15.9 Å². The standard InChI is InChI=1S/C15H13BrFNO/c1-2-9-3-5-10(6-4-9)15(19)11-7-14(18)13(17)8-12(11)16/h3-8H,2,18H2,1H3. The van der Waals surface area contributed by atoms with Gasteiger partial charge in [-0.05, 0) is 40.0 Å². The van der Waals surface area contributed by atoms with Crippen LogP contribution in [0, 0.1) is 5.82 Å². The fraction of sp³-hybridized carbons (Fsp3) is 0.133. The molecular formula is C15H13BrFNO. The van der Waals surface area contributed by atoms with Gasteiger partial charge < -0.3 is 5.73 Å². The molecule has 2 rings (SSSR count). The van der Waals surface area contributed by atoms with Gasteiger partial charge in [0.2, 0.25) is 0 Å². The van der Waals surface area contributed by atoms with Crippen molar-refractivity contribution in [3.63, 3.8) is 0 Å². The van der Waals surface area contributed by atoms with Crippen molar-refractivity contribution in [1.82, 2.24) is 0 Å². The predicted molar refractivity (Wildman–Crippen MR) is 77.8 cm³/mol. The molecule has 0 spiro atoms. The van der Waals surface area contributed by atoms with E-state index >= 15 is 0 Å². The van der Waals surface area contributed by atoms with Crippen LogP contribution in [0.1, 0.15) is 28.4 Å². The molecule has 0 aliphatic carbocycles. The highest BCUT2D eigenvalue weighted by molar-refractivity contribution is 9.10. The van der Waals surface area contributed by atoms with Gasteiger partial charge in [-0.3, -0.25) is 4.79 Å². The van der Waals surface area contributed by atoms with E-state index in [2.05, 4.69) is 15.9 Å². The molecule has 0 amide bonds. The quantitative estimate of drug-likeness (QED) is 0.686. The lowest BCUT2D eigenvalue weighted by Gasteiger charge is -2.07. The van der Waals surface area contributed by atoms with Crippen LogP contribution in [0.5, 0.6) is 0 Å². The zero-order chi connectivity index (χ0) is 14.0. The van der Waals surface area contributed by atoms with Gasteiger partial charge in [-0.15, -0.1) is 0 Å². The number of nitrogens with two attached hydrogens (primary N) is 1. The largest absolute Gasteiger partial charge is 0.396 e. The van der Waals surface area contributed by atoms with Crippen LogP contribution in [0.2, 0.25) is 0 Å². The van der Waals surface area contributed by atoms with Crippen molar-refractivity contribution < 1.29 is 9.18 Å².